The van der Waals surface area contributed by atoms with Crippen LogP contribution in [0.2, 0.25) is 0 Å². The van der Waals surface area contributed by atoms with Gasteiger partial charge in [-0.25, -0.2) is 27.4 Å². The summed E-state index contributed by atoms with van der Waals surface area (Å²) in [7, 11) is 12.7. The zero-order valence-corrected chi connectivity index (χ0v) is 61.4. The first-order valence-electron chi connectivity index (χ1n) is 36.7. The second kappa shape index (κ2) is 31.3. The van der Waals surface area contributed by atoms with Crippen LogP contribution in [0.25, 0.3) is 112 Å². The third-order valence-corrected chi connectivity index (χ3v) is 21.8. The van der Waals surface area contributed by atoms with E-state index in [9.17, 15) is 0 Å². The van der Waals surface area contributed by atoms with Gasteiger partial charge in [-0.05, 0) is 223 Å². The highest BCUT2D eigenvalue weighted by atomic mass is 14.9. The molecule has 13 aromatic rings. The Bertz CT molecular complexity index is 4870. The molecule has 101 heavy (non-hydrogen) atoms. The molecular weight excluding hydrogens is 1230 g/mol. The molecule has 7 aromatic carbocycles. The Morgan fingerprint density at radius 1 is 0.228 bits per heavy atom. The molecule has 0 amide bonds. The molecule has 6 heteroatoms. The molecule has 0 radical (unpaired) electrons. The molecule has 6 aromatic heterocycles. The number of hydrogen-bond donors (Lipinski definition) is 0. The average Bonchev–Trinajstić information content (AvgIpc) is 0.798. The summed E-state index contributed by atoms with van der Waals surface area (Å²) in [6, 6.07) is 87.1. The summed E-state index contributed by atoms with van der Waals surface area (Å²) >= 11 is 0. The van der Waals surface area contributed by atoms with Crippen molar-refractivity contribution in [1.29, 1.82) is 0 Å². The third-order valence-electron chi connectivity index (χ3n) is 21.8. The van der Waals surface area contributed by atoms with Crippen molar-refractivity contribution >= 4 is 0 Å². The van der Waals surface area contributed by atoms with E-state index in [0.717, 1.165) is 11.8 Å². The number of hydrogen-bond acceptors (Lipinski definition) is 0. The van der Waals surface area contributed by atoms with Crippen molar-refractivity contribution in [3.8, 4) is 112 Å². The van der Waals surface area contributed by atoms with E-state index in [1.54, 1.807) is 0 Å². The molecule has 6 nitrogen and oxygen atoms in total. The van der Waals surface area contributed by atoms with Crippen LogP contribution in [-0.2, 0) is 42.3 Å². The number of benzene rings is 7. The fourth-order valence-electron chi connectivity index (χ4n) is 15.8. The van der Waals surface area contributed by atoms with Crippen molar-refractivity contribution in [1.82, 2.24) is 0 Å². The lowest BCUT2D eigenvalue weighted by Gasteiger charge is -2.22. The van der Waals surface area contributed by atoms with Gasteiger partial charge >= 0.3 is 0 Å². The summed E-state index contributed by atoms with van der Waals surface area (Å²) in [5.41, 5.74) is 34.6. The molecule has 15 rings (SSSR count). The largest absolute Gasteiger partial charge is 0.212 e. The van der Waals surface area contributed by atoms with Crippen LogP contribution in [0.4, 0.5) is 0 Å². The predicted molar refractivity (Wildman–Crippen MR) is 416 cm³/mol. The normalized spacial score (nSPS) is 13.2. The first-order chi connectivity index (χ1) is 49.1. The fraction of sp³-hybridized carbons (Fsp3) is 0.242. The quantitative estimate of drug-likeness (QED) is 0.109. The number of aromatic nitrogens is 6. The maximum Gasteiger partial charge on any atom is 0.212 e. The molecule has 504 valence electrons. The van der Waals surface area contributed by atoms with Crippen LogP contribution in [0.5, 0.6) is 0 Å². The van der Waals surface area contributed by atoms with Crippen LogP contribution in [0.1, 0.15) is 115 Å². The Balaban J connectivity index is 0.000000137. The van der Waals surface area contributed by atoms with Crippen LogP contribution in [0.3, 0.4) is 0 Å². The molecule has 2 aliphatic rings. The first kappa shape index (κ1) is 68.9. The minimum absolute atomic E-state index is 0.740. The molecule has 0 bridgehead atoms. The molecule has 0 aliphatic heterocycles. The Kier molecular flexibility index (Phi) is 21.4. The van der Waals surface area contributed by atoms with E-state index in [-0.39, 0.29) is 0 Å². The molecule has 0 atom stereocenters. The summed E-state index contributed by atoms with van der Waals surface area (Å²) in [6.07, 6.45) is 26.4. The summed E-state index contributed by atoms with van der Waals surface area (Å²) < 4.78 is 13.2. The highest BCUT2D eigenvalue weighted by molar-refractivity contribution is 5.85. The van der Waals surface area contributed by atoms with Gasteiger partial charge in [0.15, 0.2) is 37.2 Å². The lowest BCUT2D eigenvalue weighted by Crippen LogP contribution is -2.31. The van der Waals surface area contributed by atoms with E-state index in [0.29, 0.717) is 0 Å². The molecular formula is C95H100N6+6. The van der Waals surface area contributed by atoms with Gasteiger partial charge in [0, 0.05) is 72.8 Å². The van der Waals surface area contributed by atoms with Crippen LogP contribution in [-0.4, -0.2) is 0 Å². The molecule has 6 heterocycles. The maximum atomic E-state index is 2.37. The number of rotatable bonds is 12. The molecule has 2 aliphatic carbocycles. The van der Waals surface area contributed by atoms with Gasteiger partial charge < -0.3 is 0 Å². The minimum atomic E-state index is 0.740. The number of nitrogens with zero attached hydrogens (tertiary/aromatic N) is 6. The van der Waals surface area contributed by atoms with Gasteiger partial charge in [0.25, 0.3) is 0 Å². The van der Waals surface area contributed by atoms with Gasteiger partial charge in [-0.3, -0.25) is 0 Å². The van der Waals surface area contributed by atoms with E-state index >= 15 is 0 Å². The Labute approximate surface area is 601 Å². The molecule has 0 N–H and O–H groups in total. The van der Waals surface area contributed by atoms with E-state index in [1.807, 2.05) is 0 Å². The van der Waals surface area contributed by atoms with Gasteiger partial charge in [-0.2, -0.15) is 0 Å². The van der Waals surface area contributed by atoms with Crippen molar-refractivity contribution in [3.63, 3.8) is 0 Å². The van der Waals surface area contributed by atoms with Crippen molar-refractivity contribution in [2.24, 2.45) is 42.3 Å². The van der Waals surface area contributed by atoms with E-state index in [1.165, 1.54) is 215 Å². The topological polar surface area (TPSA) is 23.3 Å². The maximum absolute atomic E-state index is 2.37. The third kappa shape index (κ3) is 15.4. The standard InChI is InChI=1S/C37H38N2.C31H34N2.C27H28N2/c1-27-34(36-13-7-9-23-38(36)2)25-33(26-35(27)37-14-8-10-24-39(37)3)32-21-19-31(20-22-32)30-17-15-29(16-18-30)28-11-5-4-6-12-28;1-23-28(30-13-7-9-19-32(30)2)21-27(22-29(23)31-14-8-10-20-33(31)3)26-17-15-25(16-18-26)24-11-5-4-6-12-24;1-19-12-13-23(20(2)16-19)22-17-24(26-10-6-8-14-28(26)4)21(3)25(18-22)27-11-7-9-15-29(27)5/h7-10,13-26,28H,4-6,11-12H2,1-3H3;7-10,13-22,24H,4-6,11-12H2,1-3H3;6-18H,1-5H3/q3*+2. The van der Waals surface area contributed by atoms with Gasteiger partial charge in [0.05, 0.1) is 33.4 Å². The Hall–Kier alpha value is -10.6. The summed E-state index contributed by atoms with van der Waals surface area (Å²) in [5.74, 6) is 1.49. The number of pyridine rings is 6. The first-order valence-corrected chi connectivity index (χ1v) is 36.7. The summed E-state index contributed by atoms with van der Waals surface area (Å²) in [5, 5.41) is 0. The lowest BCUT2D eigenvalue weighted by molar-refractivity contribution is -0.660. The van der Waals surface area contributed by atoms with E-state index < -0.39 is 0 Å². The van der Waals surface area contributed by atoms with E-state index in [2.05, 4.69) is 378 Å². The monoisotopic (exact) mass is 1320 g/mol. The zero-order valence-electron chi connectivity index (χ0n) is 61.4. The van der Waals surface area contributed by atoms with Crippen LogP contribution in [0, 0.1) is 34.6 Å². The van der Waals surface area contributed by atoms with Crippen molar-refractivity contribution in [2.45, 2.75) is 111 Å². The molecule has 2 fully saturated rings. The second-order valence-corrected chi connectivity index (χ2v) is 28.6. The smallest absolute Gasteiger partial charge is 0.201 e. The van der Waals surface area contributed by atoms with Crippen LogP contribution >= 0.6 is 0 Å². The molecule has 0 unspecified atom stereocenters. The fourth-order valence-corrected chi connectivity index (χ4v) is 15.8. The van der Waals surface area contributed by atoms with E-state index in [4.69, 9.17) is 0 Å². The second-order valence-electron chi connectivity index (χ2n) is 28.6. The van der Waals surface area contributed by atoms with Gasteiger partial charge in [0.1, 0.15) is 42.3 Å². The van der Waals surface area contributed by atoms with Crippen LogP contribution < -0.4 is 27.4 Å². The summed E-state index contributed by atoms with van der Waals surface area (Å²) in [6.45, 7) is 11.1. The van der Waals surface area contributed by atoms with Crippen molar-refractivity contribution < 1.29 is 27.4 Å². The summed E-state index contributed by atoms with van der Waals surface area (Å²) in [4.78, 5) is 0. The average molecular weight is 1330 g/mol. The van der Waals surface area contributed by atoms with Crippen LogP contribution in [0.15, 0.2) is 274 Å². The lowest BCUT2D eigenvalue weighted by atomic mass is 9.83. The minimum Gasteiger partial charge on any atom is -0.201 e. The van der Waals surface area contributed by atoms with Gasteiger partial charge in [-0.1, -0.05) is 135 Å². The highest BCUT2D eigenvalue weighted by Crippen LogP contribution is 2.41. The molecule has 2 saturated carbocycles. The molecule has 0 saturated heterocycles. The van der Waals surface area contributed by atoms with Gasteiger partial charge in [0.2, 0.25) is 34.2 Å². The number of aryl methyl sites for hydroxylation is 8. The molecule has 0 spiro atoms. The zero-order chi connectivity index (χ0) is 70.1. The SMILES string of the molecule is Cc1c(-c2cccc[n+]2C)cc(-c2ccc(-c3ccc(C4CCCCC4)cc3)cc2)cc1-c1cccc[n+]1C.Cc1c(-c2cccc[n+]2C)cc(-c2ccc(C3CCCCC3)cc2)cc1-c1cccc[n+]1C.Cc1ccc(-c2cc(-c3cccc[n+]3C)c(C)c(-c3cccc[n+]3C)c2)c(C)c1. The Morgan fingerprint density at radius 3 is 0.733 bits per heavy atom. The van der Waals surface area contributed by atoms with Crippen molar-refractivity contribution in [3.05, 3.63) is 313 Å². The highest BCUT2D eigenvalue weighted by Gasteiger charge is 2.26. The predicted octanol–water partition coefficient (Wildman–Crippen LogP) is 20.3. The Morgan fingerprint density at radius 2 is 0.475 bits per heavy atom. The van der Waals surface area contributed by atoms with Crippen molar-refractivity contribution in [2.75, 3.05) is 0 Å². The van der Waals surface area contributed by atoms with Gasteiger partial charge in [-0.15, -0.1) is 0 Å².